The van der Waals surface area contributed by atoms with Gasteiger partial charge in [-0.05, 0) is 56.0 Å². The van der Waals surface area contributed by atoms with Crippen LogP contribution in [-0.4, -0.2) is 22.9 Å². The van der Waals surface area contributed by atoms with Gasteiger partial charge in [-0.2, -0.15) is 5.10 Å². The maximum atomic E-state index is 6.35. The van der Waals surface area contributed by atoms with Crippen LogP contribution in [-0.2, 0) is 19.9 Å². The molecule has 0 aliphatic heterocycles. The van der Waals surface area contributed by atoms with Gasteiger partial charge in [0, 0.05) is 23.3 Å². The first-order chi connectivity index (χ1) is 9.92. The number of rotatable bonds is 5. The summed E-state index contributed by atoms with van der Waals surface area (Å²) in [5, 5.41) is 4.45. The predicted molar refractivity (Wildman–Crippen MR) is 88.8 cm³/mol. The van der Waals surface area contributed by atoms with Crippen molar-refractivity contribution in [2.75, 3.05) is 7.11 Å². The molecule has 0 saturated heterocycles. The van der Waals surface area contributed by atoms with Crippen molar-refractivity contribution < 1.29 is 4.74 Å². The molecule has 0 aliphatic rings. The fourth-order valence-corrected chi connectivity index (χ4v) is 2.97. The number of aromatic nitrogens is 2. The maximum Gasteiger partial charge on any atom is 0.119 e. The minimum atomic E-state index is 0.0509. The number of hydrogen-bond acceptors (Lipinski definition) is 3. The van der Waals surface area contributed by atoms with Gasteiger partial charge in [-0.25, -0.2) is 0 Å². The highest BCUT2D eigenvalue weighted by Crippen LogP contribution is 2.24. The number of nitrogens with two attached hydrogens (primary N) is 1. The predicted octanol–water partition coefficient (Wildman–Crippen LogP) is 2.92. The van der Waals surface area contributed by atoms with Gasteiger partial charge in [0.05, 0.1) is 12.8 Å². The van der Waals surface area contributed by atoms with Crippen LogP contribution in [0.5, 0.6) is 5.75 Å². The van der Waals surface area contributed by atoms with Gasteiger partial charge in [0.15, 0.2) is 0 Å². The molecule has 1 heterocycles. The van der Waals surface area contributed by atoms with Gasteiger partial charge < -0.3 is 10.5 Å². The first kappa shape index (κ1) is 16.0. The van der Waals surface area contributed by atoms with Crippen LogP contribution >= 0.6 is 15.9 Å². The number of benzene rings is 1. The Hall–Kier alpha value is -1.33. The molecule has 21 heavy (non-hydrogen) atoms. The summed E-state index contributed by atoms with van der Waals surface area (Å²) in [6.45, 7) is 4.13. The second-order valence-electron chi connectivity index (χ2n) is 5.40. The summed E-state index contributed by atoms with van der Waals surface area (Å²) in [5.41, 5.74) is 11.0. The fourth-order valence-electron chi connectivity index (χ4n) is 2.56. The number of nitrogens with zero attached hydrogens (tertiary/aromatic N) is 2. The molecule has 114 valence electrons. The van der Waals surface area contributed by atoms with E-state index in [0.29, 0.717) is 0 Å². The first-order valence-electron chi connectivity index (χ1n) is 6.99. The van der Waals surface area contributed by atoms with Gasteiger partial charge in [-0.15, -0.1) is 0 Å². The van der Waals surface area contributed by atoms with Crippen LogP contribution in [0.2, 0.25) is 0 Å². The van der Waals surface area contributed by atoms with Crippen LogP contribution in [0, 0.1) is 13.8 Å². The molecule has 1 unspecified atom stereocenters. The minimum absolute atomic E-state index is 0.0509. The maximum absolute atomic E-state index is 6.35. The van der Waals surface area contributed by atoms with Crippen LogP contribution in [0.4, 0.5) is 0 Å². The van der Waals surface area contributed by atoms with E-state index in [-0.39, 0.29) is 6.04 Å². The van der Waals surface area contributed by atoms with Gasteiger partial charge in [0.25, 0.3) is 0 Å². The number of ether oxygens (including phenoxy) is 1. The van der Waals surface area contributed by atoms with E-state index in [1.807, 2.05) is 36.9 Å². The smallest absolute Gasteiger partial charge is 0.119 e. The molecule has 2 rings (SSSR count). The Morgan fingerprint density at radius 3 is 2.62 bits per heavy atom. The third kappa shape index (κ3) is 3.66. The van der Waals surface area contributed by atoms with E-state index in [2.05, 4.69) is 28.0 Å². The monoisotopic (exact) mass is 351 g/mol. The molecule has 5 heteroatoms. The lowest BCUT2D eigenvalue weighted by Gasteiger charge is -2.14. The van der Waals surface area contributed by atoms with Gasteiger partial charge in [0.1, 0.15) is 5.75 Å². The van der Waals surface area contributed by atoms with Gasteiger partial charge in [-0.1, -0.05) is 15.9 Å². The summed E-state index contributed by atoms with van der Waals surface area (Å²) >= 11 is 3.58. The second-order valence-corrected chi connectivity index (χ2v) is 6.25. The van der Waals surface area contributed by atoms with E-state index >= 15 is 0 Å². The molecule has 0 fully saturated rings. The highest BCUT2D eigenvalue weighted by atomic mass is 79.9. The minimum Gasteiger partial charge on any atom is -0.497 e. The molecule has 0 bridgehead atoms. The van der Waals surface area contributed by atoms with Crippen molar-refractivity contribution in [2.45, 2.75) is 32.7 Å². The number of halogens is 1. The van der Waals surface area contributed by atoms with Crippen molar-refractivity contribution in [1.82, 2.24) is 9.78 Å². The van der Waals surface area contributed by atoms with E-state index < -0.39 is 0 Å². The van der Waals surface area contributed by atoms with E-state index in [4.69, 9.17) is 10.5 Å². The molecular weight excluding hydrogens is 330 g/mol. The Kier molecular flexibility index (Phi) is 5.06. The van der Waals surface area contributed by atoms with Crippen molar-refractivity contribution in [3.63, 3.8) is 0 Å². The molecule has 4 nitrogen and oxygen atoms in total. The van der Waals surface area contributed by atoms with Crippen LogP contribution < -0.4 is 10.5 Å². The van der Waals surface area contributed by atoms with Crippen molar-refractivity contribution in [3.05, 3.63) is 45.2 Å². The lowest BCUT2D eigenvalue weighted by atomic mass is 9.98. The van der Waals surface area contributed by atoms with Crippen molar-refractivity contribution in [2.24, 2.45) is 12.8 Å². The summed E-state index contributed by atoms with van der Waals surface area (Å²) < 4.78 is 8.26. The molecular formula is C16H22BrN3O. The summed E-state index contributed by atoms with van der Waals surface area (Å²) in [6, 6.07) is 6.03. The largest absolute Gasteiger partial charge is 0.497 e. The quantitative estimate of drug-likeness (QED) is 0.900. The summed E-state index contributed by atoms with van der Waals surface area (Å²) in [5.74, 6) is 0.856. The molecule has 0 amide bonds. The SMILES string of the molecule is COc1ccc(Br)c(CC(N)Cc2c(C)nn(C)c2C)c1. The van der Waals surface area contributed by atoms with Crippen LogP contribution in [0.25, 0.3) is 0 Å². The van der Waals surface area contributed by atoms with E-state index in [9.17, 15) is 0 Å². The highest BCUT2D eigenvalue weighted by molar-refractivity contribution is 9.10. The molecule has 1 aromatic carbocycles. The van der Waals surface area contributed by atoms with Crippen LogP contribution in [0.15, 0.2) is 22.7 Å². The standard InChI is InChI=1S/C16H22BrN3O/c1-10-15(11(2)20(3)19-10)9-13(18)7-12-8-14(21-4)5-6-16(12)17/h5-6,8,13H,7,9,18H2,1-4H3. The highest BCUT2D eigenvalue weighted by Gasteiger charge is 2.15. The van der Waals surface area contributed by atoms with Crippen molar-refractivity contribution >= 4 is 15.9 Å². The Labute approximate surface area is 134 Å². The Balaban J connectivity index is 2.13. The molecule has 0 spiro atoms. The summed E-state index contributed by atoms with van der Waals surface area (Å²) in [6.07, 6.45) is 1.63. The molecule has 0 saturated carbocycles. The lowest BCUT2D eigenvalue weighted by Crippen LogP contribution is -2.26. The fraction of sp³-hybridized carbons (Fsp3) is 0.438. The second kappa shape index (κ2) is 6.62. The van der Waals surface area contributed by atoms with Gasteiger partial charge in [0.2, 0.25) is 0 Å². The molecule has 1 atom stereocenters. The lowest BCUT2D eigenvalue weighted by molar-refractivity contribution is 0.414. The summed E-state index contributed by atoms with van der Waals surface area (Å²) in [4.78, 5) is 0. The van der Waals surface area contributed by atoms with E-state index in [0.717, 1.165) is 28.8 Å². The zero-order chi connectivity index (χ0) is 15.6. The average molecular weight is 352 g/mol. The van der Waals surface area contributed by atoms with Crippen molar-refractivity contribution in [3.8, 4) is 5.75 Å². The first-order valence-corrected chi connectivity index (χ1v) is 7.78. The zero-order valence-corrected chi connectivity index (χ0v) is 14.6. The molecule has 1 aromatic heterocycles. The zero-order valence-electron chi connectivity index (χ0n) is 13.0. The Morgan fingerprint density at radius 1 is 1.33 bits per heavy atom. The number of aryl methyl sites for hydroxylation is 2. The average Bonchev–Trinajstić information content (AvgIpc) is 2.68. The van der Waals surface area contributed by atoms with E-state index in [1.165, 1.54) is 16.8 Å². The third-order valence-electron chi connectivity index (χ3n) is 3.86. The third-order valence-corrected chi connectivity index (χ3v) is 4.63. The molecule has 2 aromatic rings. The Morgan fingerprint density at radius 2 is 2.05 bits per heavy atom. The van der Waals surface area contributed by atoms with Gasteiger partial charge in [-0.3, -0.25) is 4.68 Å². The van der Waals surface area contributed by atoms with Gasteiger partial charge >= 0.3 is 0 Å². The van der Waals surface area contributed by atoms with Crippen molar-refractivity contribution in [1.29, 1.82) is 0 Å². The number of methoxy groups -OCH3 is 1. The Bertz CT molecular complexity index is 637. The van der Waals surface area contributed by atoms with Crippen LogP contribution in [0.1, 0.15) is 22.5 Å². The number of hydrogen-bond donors (Lipinski definition) is 1. The van der Waals surface area contributed by atoms with Crippen LogP contribution in [0.3, 0.4) is 0 Å². The molecule has 0 radical (unpaired) electrons. The molecule has 2 N–H and O–H groups in total. The molecule has 0 aliphatic carbocycles. The normalized spacial score (nSPS) is 12.5. The van der Waals surface area contributed by atoms with E-state index in [1.54, 1.807) is 7.11 Å². The topological polar surface area (TPSA) is 53.1 Å². The summed E-state index contributed by atoms with van der Waals surface area (Å²) in [7, 11) is 3.64.